The van der Waals surface area contributed by atoms with Crippen molar-refractivity contribution in [1.29, 1.82) is 0 Å². The molecule has 1 aliphatic heterocycles. The van der Waals surface area contributed by atoms with Crippen LogP contribution in [0.5, 0.6) is 0 Å². The number of morpholine rings is 1. The minimum atomic E-state index is 0.157. The number of rotatable bonds is 5. The molecule has 4 nitrogen and oxygen atoms in total. The van der Waals surface area contributed by atoms with E-state index < -0.39 is 0 Å². The molecule has 1 heterocycles. The zero-order valence-corrected chi connectivity index (χ0v) is 13.7. The van der Waals surface area contributed by atoms with Crippen LogP contribution in [-0.2, 0) is 9.47 Å². The second kappa shape index (κ2) is 7.21. The summed E-state index contributed by atoms with van der Waals surface area (Å²) in [6.45, 7) is 10.4. The average Bonchev–Trinajstić information content (AvgIpc) is 2.42. The van der Waals surface area contributed by atoms with Gasteiger partial charge < -0.3 is 14.8 Å². The van der Waals surface area contributed by atoms with Crippen LogP contribution in [0.3, 0.4) is 0 Å². The van der Waals surface area contributed by atoms with Gasteiger partial charge in [0.1, 0.15) is 0 Å². The summed E-state index contributed by atoms with van der Waals surface area (Å²) in [6, 6.07) is 1.05. The first kappa shape index (κ1) is 16.2. The van der Waals surface area contributed by atoms with Crippen LogP contribution in [0.25, 0.3) is 0 Å². The lowest BCUT2D eigenvalue weighted by molar-refractivity contribution is -0.110. The van der Waals surface area contributed by atoms with Gasteiger partial charge in [-0.1, -0.05) is 12.8 Å². The Kier molecular flexibility index (Phi) is 5.84. The van der Waals surface area contributed by atoms with Gasteiger partial charge in [0, 0.05) is 37.8 Å². The molecule has 1 N–H and O–H groups in total. The van der Waals surface area contributed by atoms with E-state index in [0.29, 0.717) is 18.2 Å². The molecule has 0 spiro atoms. The lowest BCUT2D eigenvalue weighted by Crippen LogP contribution is -2.60. The van der Waals surface area contributed by atoms with Crippen molar-refractivity contribution in [3.63, 3.8) is 0 Å². The molecule has 1 aliphatic carbocycles. The molecular formula is C16H32N2O2. The van der Waals surface area contributed by atoms with E-state index in [2.05, 4.69) is 31.0 Å². The second-order valence-electron chi connectivity index (χ2n) is 7.24. The Bertz CT molecular complexity index is 289. The van der Waals surface area contributed by atoms with E-state index in [4.69, 9.17) is 9.47 Å². The maximum atomic E-state index is 5.98. The number of methoxy groups -OCH3 is 1. The summed E-state index contributed by atoms with van der Waals surface area (Å²) in [5.41, 5.74) is 0.157. The predicted octanol–water partition coefficient (Wildman–Crippen LogP) is 2.03. The molecule has 2 fully saturated rings. The standard InChI is InChI=1S/C16H32N2O2/c1-16(2,3)17-11-13(12-19-4)18-9-10-20-15-8-6-5-7-14(15)18/h13-15,17H,5-12H2,1-4H3. The van der Waals surface area contributed by atoms with E-state index in [1.807, 2.05) is 7.11 Å². The molecular weight excluding hydrogens is 252 g/mol. The highest BCUT2D eigenvalue weighted by Crippen LogP contribution is 2.29. The van der Waals surface area contributed by atoms with Crippen molar-refractivity contribution in [3.05, 3.63) is 0 Å². The van der Waals surface area contributed by atoms with E-state index in [1.54, 1.807) is 0 Å². The fraction of sp³-hybridized carbons (Fsp3) is 1.00. The zero-order chi connectivity index (χ0) is 14.6. The Morgan fingerprint density at radius 3 is 2.75 bits per heavy atom. The van der Waals surface area contributed by atoms with Gasteiger partial charge in [-0.3, -0.25) is 4.90 Å². The number of hydrogen-bond donors (Lipinski definition) is 1. The van der Waals surface area contributed by atoms with E-state index in [1.165, 1.54) is 25.7 Å². The SMILES string of the molecule is COCC(CNC(C)(C)C)N1CCOC2CCCCC21. The minimum Gasteiger partial charge on any atom is -0.383 e. The summed E-state index contributed by atoms with van der Waals surface area (Å²) in [5, 5.41) is 3.64. The summed E-state index contributed by atoms with van der Waals surface area (Å²) < 4.78 is 11.5. The Morgan fingerprint density at radius 2 is 2.05 bits per heavy atom. The highest BCUT2D eigenvalue weighted by molar-refractivity contribution is 4.92. The highest BCUT2D eigenvalue weighted by atomic mass is 16.5. The minimum absolute atomic E-state index is 0.157. The van der Waals surface area contributed by atoms with Crippen molar-refractivity contribution in [2.75, 3.05) is 33.4 Å². The molecule has 0 aromatic carbocycles. The van der Waals surface area contributed by atoms with Crippen LogP contribution < -0.4 is 5.32 Å². The third kappa shape index (κ3) is 4.42. The maximum Gasteiger partial charge on any atom is 0.0731 e. The van der Waals surface area contributed by atoms with Crippen LogP contribution in [0.4, 0.5) is 0 Å². The third-order valence-corrected chi connectivity index (χ3v) is 4.47. The van der Waals surface area contributed by atoms with Crippen molar-refractivity contribution >= 4 is 0 Å². The first-order chi connectivity index (χ1) is 9.51. The van der Waals surface area contributed by atoms with Gasteiger partial charge in [-0.2, -0.15) is 0 Å². The maximum absolute atomic E-state index is 5.98. The zero-order valence-electron chi connectivity index (χ0n) is 13.7. The Hall–Kier alpha value is -0.160. The van der Waals surface area contributed by atoms with Gasteiger partial charge in [0.05, 0.1) is 19.3 Å². The van der Waals surface area contributed by atoms with Gasteiger partial charge in [0.25, 0.3) is 0 Å². The summed E-state index contributed by atoms with van der Waals surface area (Å²) >= 11 is 0. The lowest BCUT2D eigenvalue weighted by Gasteiger charge is -2.47. The molecule has 2 rings (SSSR count). The van der Waals surface area contributed by atoms with Gasteiger partial charge in [0.2, 0.25) is 0 Å². The Balaban J connectivity index is 1.98. The monoisotopic (exact) mass is 284 g/mol. The van der Waals surface area contributed by atoms with Gasteiger partial charge in [-0.15, -0.1) is 0 Å². The van der Waals surface area contributed by atoms with E-state index in [9.17, 15) is 0 Å². The normalized spacial score (nSPS) is 30.0. The van der Waals surface area contributed by atoms with Crippen molar-refractivity contribution in [2.24, 2.45) is 0 Å². The highest BCUT2D eigenvalue weighted by Gasteiger charge is 2.37. The van der Waals surface area contributed by atoms with E-state index in [0.717, 1.165) is 26.3 Å². The molecule has 0 amide bonds. The van der Waals surface area contributed by atoms with Gasteiger partial charge in [-0.05, 0) is 33.6 Å². The number of fused-ring (bicyclic) bond motifs is 1. The van der Waals surface area contributed by atoms with E-state index in [-0.39, 0.29) is 5.54 Å². The average molecular weight is 284 g/mol. The van der Waals surface area contributed by atoms with Crippen LogP contribution in [0.15, 0.2) is 0 Å². The number of hydrogen-bond acceptors (Lipinski definition) is 4. The van der Waals surface area contributed by atoms with Crippen LogP contribution in [0, 0.1) is 0 Å². The Morgan fingerprint density at radius 1 is 1.30 bits per heavy atom. The molecule has 118 valence electrons. The van der Waals surface area contributed by atoms with Gasteiger partial charge in [0.15, 0.2) is 0 Å². The summed E-state index contributed by atoms with van der Waals surface area (Å²) in [5.74, 6) is 0. The first-order valence-corrected chi connectivity index (χ1v) is 8.12. The summed E-state index contributed by atoms with van der Waals surface area (Å²) in [6.07, 6.45) is 5.62. The van der Waals surface area contributed by atoms with Crippen molar-refractivity contribution < 1.29 is 9.47 Å². The lowest BCUT2D eigenvalue weighted by atomic mass is 9.89. The van der Waals surface area contributed by atoms with Crippen molar-refractivity contribution in [3.8, 4) is 0 Å². The molecule has 1 saturated carbocycles. The van der Waals surface area contributed by atoms with Crippen molar-refractivity contribution in [2.45, 2.75) is 70.2 Å². The van der Waals surface area contributed by atoms with Crippen LogP contribution >= 0.6 is 0 Å². The molecule has 0 radical (unpaired) electrons. The number of nitrogens with zero attached hydrogens (tertiary/aromatic N) is 1. The fourth-order valence-corrected chi connectivity index (χ4v) is 3.47. The molecule has 3 unspecified atom stereocenters. The number of ether oxygens (including phenoxy) is 2. The van der Waals surface area contributed by atoms with Gasteiger partial charge in [-0.25, -0.2) is 0 Å². The van der Waals surface area contributed by atoms with Crippen LogP contribution in [0.2, 0.25) is 0 Å². The molecule has 3 atom stereocenters. The summed E-state index contributed by atoms with van der Waals surface area (Å²) in [4.78, 5) is 2.65. The molecule has 2 aliphatic rings. The largest absolute Gasteiger partial charge is 0.383 e. The smallest absolute Gasteiger partial charge is 0.0731 e. The molecule has 20 heavy (non-hydrogen) atoms. The fourth-order valence-electron chi connectivity index (χ4n) is 3.47. The van der Waals surface area contributed by atoms with Crippen LogP contribution in [0.1, 0.15) is 46.5 Å². The topological polar surface area (TPSA) is 33.7 Å². The molecule has 4 heteroatoms. The number of nitrogens with one attached hydrogen (secondary N) is 1. The predicted molar refractivity (Wildman–Crippen MR) is 82.1 cm³/mol. The quantitative estimate of drug-likeness (QED) is 0.837. The van der Waals surface area contributed by atoms with E-state index >= 15 is 0 Å². The van der Waals surface area contributed by atoms with Crippen molar-refractivity contribution in [1.82, 2.24) is 10.2 Å². The van der Waals surface area contributed by atoms with Gasteiger partial charge >= 0.3 is 0 Å². The molecule has 0 bridgehead atoms. The third-order valence-electron chi connectivity index (χ3n) is 4.47. The molecule has 0 aromatic heterocycles. The molecule has 1 saturated heterocycles. The molecule has 0 aromatic rings. The Labute approximate surface area is 124 Å². The first-order valence-electron chi connectivity index (χ1n) is 8.12. The van der Waals surface area contributed by atoms with Crippen LogP contribution in [-0.4, -0.2) is 62.0 Å². The summed E-state index contributed by atoms with van der Waals surface area (Å²) in [7, 11) is 1.81. The second-order valence-corrected chi connectivity index (χ2v) is 7.24.